The Morgan fingerprint density at radius 2 is 2.53 bits per heavy atom. The molecule has 4 heteroatoms. The van der Waals surface area contributed by atoms with Gasteiger partial charge in [0.1, 0.15) is 5.01 Å². The summed E-state index contributed by atoms with van der Waals surface area (Å²) < 4.78 is 0. The summed E-state index contributed by atoms with van der Waals surface area (Å²) in [5.41, 5.74) is 0. The van der Waals surface area contributed by atoms with Gasteiger partial charge in [-0.3, -0.25) is 0 Å². The van der Waals surface area contributed by atoms with Crippen LogP contribution in [0.25, 0.3) is 0 Å². The van der Waals surface area contributed by atoms with Gasteiger partial charge in [-0.25, -0.2) is 4.98 Å². The Bertz CT molecular complexity index is 289. The lowest BCUT2D eigenvalue weighted by atomic mass is 10.1. The molecular weight excluding hydrogens is 208 g/mol. The summed E-state index contributed by atoms with van der Waals surface area (Å²) in [6, 6.07) is 0.336. The molecule has 1 aromatic rings. The summed E-state index contributed by atoms with van der Waals surface area (Å²) in [5, 5.41) is 16.0. The van der Waals surface area contributed by atoms with Gasteiger partial charge >= 0.3 is 0 Å². The van der Waals surface area contributed by atoms with Crippen LogP contribution in [0.1, 0.15) is 37.2 Å². The lowest BCUT2D eigenvalue weighted by Crippen LogP contribution is -2.24. The number of thiazole rings is 1. The summed E-state index contributed by atoms with van der Waals surface area (Å²) in [4.78, 5) is 4.28. The fourth-order valence-electron chi connectivity index (χ4n) is 2.11. The summed E-state index contributed by atoms with van der Waals surface area (Å²) in [6.07, 6.45) is 4.86. The average Bonchev–Trinajstić information content (AvgIpc) is 2.84. The van der Waals surface area contributed by atoms with E-state index in [2.05, 4.69) is 17.2 Å². The molecule has 3 atom stereocenters. The van der Waals surface area contributed by atoms with Gasteiger partial charge in [-0.15, -0.1) is 11.3 Å². The van der Waals surface area contributed by atoms with Crippen LogP contribution < -0.4 is 5.32 Å². The second-order valence-electron chi connectivity index (χ2n) is 4.33. The maximum atomic E-state index is 9.41. The smallest absolute Gasteiger partial charge is 0.109 e. The number of aromatic nitrogens is 1. The molecule has 2 N–H and O–H groups in total. The molecule has 2 rings (SSSR count). The van der Waals surface area contributed by atoms with Crippen molar-refractivity contribution in [2.45, 2.75) is 38.3 Å². The standard InChI is InChI=1S/C11H18N2OS/c1-8(11-12-4-5-15-11)13-7-9-2-3-10(14)6-9/h4-5,8-10,13-14H,2-3,6-7H2,1H3. The van der Waals surface area contributed by atoms with Crippen molar-refractivity contribution in [2.75, 3.05) is 6.54 Å². The maximum absolute atomic E-state index is 9.41. The van der Waals surface area contributed by atoms with Crippen molar-refractivity contribution < 1.29 is 5.11 Å². The second kappa shape index (κ2) is 5.05. The minimum absolute atomic E-state index is 0.0630. The molecule has 1 saturated carbocycles. The third-order valence-electron chi connectivity index (χ3n) is 3.05. The van der Waals surface area contributed by atoms with Crippen LogP contribution in [0.3, 0.4) is 0 Å². The van der Waals surface area contributed by atoms with Crippen molar-refractivity contribution in [3.63, 3.8) is 0 Å². The minimum Gasteiger partial charge on any atom is -0.393 e. The molecule has 1 aliphatic carbocycles. The van der Waals surface area contributed by atoms with Gasteiger partial charge in [-0.1, -0.05) is 0 Å². The Labute approximate surface area is 94.5 Å². The highest BCUT2D eigenvalue weighted by Crippen LogP contribution is 2.25. The fraction of sp³-hybridized carbons (Fsp3) is 0.727. The molecule has 0 radical (unpaired) electrons. The fourth-order valence-corrected chi connectivity index (χ4v) is 2.78. The number of aliphatic hydroxyl groups is 1. The number of hydrogen-bond donors (Lipinski definition) is 2. The monoisotopic (exact) mass is 226 g/mol. The first-order valence-corrected chi connectivity index (χ1v) is 6.44. The third kappa shape index (κ3) is 3.00. The number of nitrogens with zero attached hydrogens (tertiary/aromatic N) is 1. The summed E-state index contributed by atoms with van der Waals surface area (Å²) in [6.45, 7) is 3.14. The normalized spacial score (nSPS) is 28.1. The Morgan fingerprint density at radius 3 is 3.13 bits per heavy atom. The van der Waals surface area contributed by atoms with E-state index in [1.807, 2.05) is 11.6 Å². The van der Waals surface area contributed by atoms with Gasteiger partial charge in [0, 0.05) is 11.6 Å². The van der Waals surface area contributed by atoms with Gasteiger partial charge in [0.15, 0.2) is 0 Å². The van der Waals surface area contributed by atoms with Crippen molar-refractivity contribution in [2.24, 2.45) is 5.92 Å². The maximum Gasteiger partial charge on any atom is 0.109 e. The van der Waals surface area contributed by atoms with E-state index in [0.717, 1.165) is 30.8 Å². The quantitative estimate of drug-likeness (QED) is 0.825. The predicted octanol–water partition coefficient (Wildman–Crippen LogP) is 1.95. The highest BCUT2D eigenvalue weighted by Gasteiger charge is 2.23. The second-order valence-corrected chi connectivity index (χ2v) is 5.26. The van der Waals surface area contributed by atoms with Crippen molar-refractivity contribution in [3.05, 3.63) is 16.6 Å². The number of rotatable bonds is 4. The van der Waals surface area contributed by atoms with E-state index in [1.54, 1.807) is 11.3 Å². The van der Waals surface area contributed by atoms with Gasteiger partial charge in [0.05, 0.1) is 12.1 Å². The number of hydrogen-bond acceptors (Lipinski definition) is 4. The zero-order valence-corrected chi connectivity index (χ0v) is 9.83. The molecule has 1 aromatic heterocycles. The molecule has 84 valence electrons. The van der Waals surface area contributed by atoms with Crippen LogP contribution in [0.15, 0.2) is 11.6 Å². The van der Waals surface area contributed by atoms with E-state index >= 15 is 0 Å². The molecule has 3 unspecified atom stereocenters. The minimum atomic E-state index is -0.0630. The first-order chi connectivity index (χ1) is 7.25. The first-order valence-electron chi connectivity index (χ1n) is 5.56. The molecule has 0 spiro atoms. The van der Waals surface area contributed by atoms with Gasteiger partial charge in [0.25, 0.3) is 0 Å². The lowest BCUT2D eigenvalue weighted by Gasteiger charge is -2.15. The van der Waals surface area contributed by atoms with Crippen LogP contribution in [0.5, 0.6) is 0 Å². The Kier molecular flexibility index (Phi) is 3.72. The van der Waals surface area contributed by atoms with Gasteiger partial charge in [-0.05, 0) is 38.6 Å². The van der Waals surface area contributed by atoms with Crippen LogP contribution in [0.2, 0.25) is 0 Å². The van der Waals surface area contributed by atoms with Crippen LogP contribution in [0.4, 0.5) is 0 Å². The highest BCUT2D eigenvalue weighted by molar-refractivity contribution is 7.09. The van der Waals surface area contributed by atoms with Gasteiger partial charge < -0.3 is 10.4 Å². The molecule has 3 nitrogen and oxygen atoms in total. The van der Waals surface area contributed by atoms with Crippen LogP contribution >= 0.6 is 11.3 Å². The van der Waals surface area contributed by atoms with Gasteiger partial charge in [0.2, 0.25) is 0 Å². The van der Waals surface area contributed by atoms with E-state index in [9.17, 15) is 5.11 Å². The SMILES string of the molecule is CC(NCC1CCC(O)C1)c1nccs1. The highest BCUT2D eigenvalue weighted by atomic mass is 32.1. The van der Waals surface area contributed by atoms with Gasteiger partial charge in [-0.2, -0.15) is 0 Å². The number of aliphatic hydroxyl groups excluding tert-OH is 1. The third-order valence-corrected chi connectivity index (χ3v) is 4.01. The Hall–Kier alpha value is -0.450. The molecular formula is C11H18N2OS. The van der Waals surface area contributed by atoms with E-state index < -0.39 is 0 Å². The Balaban J connectivity index is 1.74. The van der Waals surface area contributed by atoms with E-state index in [1.165, 1.54) is 0 Å². The first kappa shape index (κ1) is 11.0. The Morgan fingerprint density at radius 1 is 1.67 bits per heavy atom. The molecule has 1 fully saturated rings. The summed E-state index contributed by atoms with van der Waals surface area (Å²) in [5.74, 6) is 0.641. The lowest BCUT2D eigenvalue weighted by molar-refractivity contribution is 0.177. The molecule has 0 amide bonds. The molecule has 15 heavy (non-hydrogen) atoms. The molecule has 0 aliphatic heterocycles. The molecule has 1 heterocycles. The largest absolute Gasteiger partial charge is 0.393 e. The van der Waals surface area contributed by atoms with Crippen LogP contribution in [0, 0.1) is 5.92 Å². The summed E-state index contributed by atoms with van der Waals surface area (Å²) >= 11 is 1.69. The average molecular weight is 226 g/mol. The van der Waals surface area contributed by atoms with Crippen molar-refractivity contribution in [1.82, 2.24) is 10.3 Å². The van der Waals surface area contributed by atoms with Crippen molar-refractivity contribution >= 4 is 11.3 Å². The molecule has 0 aromatic carbocycles. The zero-order valence-electron chi connectivity index (χ0n) is 9.02. The van der Waals surface area contributed by atoms with Crippen molar-refractivity contribution in [1.29, 1.82) is 0 Å². The van der Waals surface area contributed by atoms with E-state index in [-0.39, 0.29) is 6.10 Å². The van der Waals surface area contributed by atoms with Crippen LogP contribution in [-0.2, 0) is 0 Å². The predicted molar refractivity (Wildman–Crippen MR) is 61.9 cm³/mol. The number of nitrogens with one attached hydrogen (secondary N) is 1. The van der Waals surface area contributed by atoms with E-state index in [0.29, 0.717) is 12.0 Å². The van der Waals surface area contributed by atoms with Crippen LogP contribution in [-0.4, -0.2) is 22.7 Å². The molecule has 0 saturated heterocycles. The topological polar surface area (TPSA) is 45.1 Å². The zero-order chi connectivity index (χ0) is 10.7. The molecule has 1 aliphatic rings. The van der Waals surface area contributed by atoms with Crippen molar-refractivity contribution in [3.8, 4) is 0 Å². The molecule has 0 bridgehead atoms. The van der Waals surface area contributed by atoms with E-state index in [4.69, 9.17) is 0 Å². The summed E-state index contributed by atoms with van der Waals surface area (Å²) in [7, 11) is 0.